The van der Waals surface area contributed by atoms with E-state index < -0.39 is 10.8 Å². The molecule has 0 spiro atoms. The predicted molar refractivity (Wildman–Crippen MR) is 104 cm³/mol. The smallest absolute Gasteiger partial charge is 0.270 e. The molecule has 0 saturated heterocycles. The maximum atomic E-state index is 12.0. The molecule has 2 rings (SSSR count). The molecule has 8 nitrogen and oxygen atoms in total. The second kappa shape index (κ2) is 8.79. The van der Waals surface area contributed by atoms with Crippen molar-refractivity contribution in [2.24, 2.45) is 5.92 Å². The molecule has 0 aliphatic heterocycles. The second-order valence-electron chi connectivity index (χ2n) is 6.26. The summed E-state index contributed by atoms with van der Waals surface area (Å²) in [4.78, 5) is 34.1. The van der Waals surface area contributed by atoms with Crippen LogP contribution >= 0.6 is 0 Å². The van der Waals surface area contributed by atoms with Crippen LogP contribution < -0.4 is 16.0 Å². The summed E-state index contributed by atoms with van der Waals surface area (Å²) in [5.74, 6) is -0.563. The predicted octanol–water partition coefficient (Wildman–Crippen LogP) is 3.16. The Morgan fingerprint density at radius 2 is 1.78 bits per heavy atom. The first-order valence-corrected chi connectivity index (χ1v) is 8.46. The van der Waals surface area contributed by atoms with Crippen molar-refractivity contribution in [2.75, 3.05) is 17.7 Å². The Balaban J connectivity index is 2.10. The first kappa shape index (κ1) is 19.9. The second-order valence-corrected chi connectivity index (χ2v) is 6.26. The molecule has 0 saturated carbocycles. The number of hydrogen-bond acceptors (Lipinski definition) is 5. The number of benzene rings is 2. The monoisotopic (exact) mass is 370 g/mol. The Bertz CT molecular complexity index is 847. The molecule has 8 heteroatoms. The van der Waals surface area contributed by atoms with Gasteiger partial charge in [-0.1, -0.05) is 26.0 Å². The van der Waals surface area contributed by atoms with Crippen molar-refractivity contribution in [1.82, 2.24) is 5.32 Å². The molecular formula is C19H22N4O4. The fourth-order valence-corrected chi connectivity index (χ4v) is 2.31. The molecule has 2 amide bonds. The number of nitro benzene ring substituents is 1. The Kier molecular flexibility index (Phi) is 6.48. The number of nitrogens with zero attached hydrogens (tertiary/aromatic N) is 1. The van der Waals surface area contributed by atoms with Gasteiger partial charge >= 0.3 is 0 Å². The fourth-order valence-electron chi connectivity index (χ4n) is 2.31. The maximum Gasteiger partial charge on any atom is 0.270 e. The van der Waals surface area contributed by atoms with Gasteiger partial charge in [-0.05, 0) is 23.8 Å². The SMILES string of the molecule is CNC(=O)c1cc([N+](=O)[O-])ccc1NCc1ccc(NC(=O)C(C)C)cc1. The molecule has 27 heavy (non-hydrogen) atoms. The van der Waals surface area contributed by atoms with Gasteiger partial charge in [0, 0.05) is 43.0 Å². The molecule has 0 bridgehead atoms. The van der Waals surface area contributed by atoms with Gasteiger partial charge in [-0.2, -0.15) is 0 Å². The highest BCUT2D eigenvalue weighted by Crippen LogP contribution is 2.23. The topological polar surface area (TPSA) is 113 Å². The Labute approximate surface area is 157 Å². The van der Waals surface area contributed by atoms with Gasteiger partial charge in [-0.15, -0.1) is 0 Å². The molecule has 2 aromatic carbocycles. The van der Waals surface area contributed by atoms with E-state index in [-0.39, 0.29) is 23.1 Å². The lowest BCUT2D eigenvalue weighted by Gasteiger charge is -2.12. The van der Waals surface area contributed by atoms with Crippen molar-refractivity contribution in [3.05, 3.63) is 63.7 Å². The summed E-state index contributed by atoms with van der Waals surface area (Å²) >= 11 is 0. The van der Waals surface area contributed by atoms with Crippen LogP contribution in [0.15, 0.2) is 42.5 Å². The Morgan fingerprint density at radius 1 is 1.11 bits per heavy atom. The third kappa shape index (κ3) is 5.27. The van der Waals surface area contributed by atoms with Gasteiger partial charge in [0.15, 0.2) is 0 Å². The molecule has 0 aliphatic carbocycles. The van der Waals surface area contributed by atoms with Crippen LogP contribution in [0.25, 0.3) is 0 Å². The highest BCUT2D eigenvalue weighted by molar-refractivity contribution is 6.00. The molecular weight excluding hydrogens is 348 g/mol. The zero-order chi connectivity index (χ0) is 20.0. The molecule has 2 aromatic rings. The van der Waals surface area contributed by atoms with Gasteiger partial charge in [-0.3, -0.25) is 19.7 Å². The number of non-ortho nitro benzene ring substituents is 1. The summed E-state index contributed by atoms with van der Waals surface area (Å²) in [5, 5.41) is 19.3. The van der Waals surface area contributed by atoms with Crippen LogP contribution in [0.2, 0.25) is 0 Å². The maximum absolute atomic E-state index is 12.0. The quantitative estimate of drug-likeness (QED) is 0.512. The van der Waals surface area contributed by atoms with E-state index in [9.17, 15) is 19.7 Å². The molecule has 0 heterocycles. The highest BCUT2D eigenvalue weighted by atomic mass is 16.6. The third-order valence-corrected chi connectivity index (χ3v) is 3.91. The number of anilines is 2. The van der Waals surface area contributed by atoms with Crippen molar-refractivity contribution in [3.63, 3.8) is 0 Å². The zero-order valence-electron chi connectivity index (χ0n) is 15.4. The van der Waals surface area contributed by atoms with Crippen molar-refractivity contribution in [1.29, 1.82) is 0 Å². The van der Waals surface area contributed by atoms with Crippen LogP contribution in [0.5, 0.6) is 0 Å². The summed E-state index contributed by atoms with van der Waals surface area (Å²) < 4.78 is 0. The molecule has 0 aromatic heterocycles. The number of hydrogen-bond donors (Lipinski definition) is 3. The molecule has 3 N–H and O–H groups in total. The molecule has 142 valence electrons. The van der Waals surface area contributed by atoms with Gasteiger partial charge in [-0.25, -0.2) is 0 Å². The average Bonchev–Trinajstić information content (AvgIpc) is 2.66. The lowest BCUT2D eigenvalue weighted by atomic mass is 10.1. The van der Waals surface area contributed by atoms with Crippen molar-refractivity contribution < 1.29 is 14.5 Å². The largest absolute Gasteiger partial charge is 0.380 e. The van der Waals surface area contributed by atoms with Gasteiger partial charge in [0.1, 0.15) is 0 Å². The van der Waals surface area contributed by atoms with E-state index in [2.05, 4.69) is 16.0 Å². The van der Waals surface area contributed by atoms with E-state index in [4.69, 9.17) is 0 Å². The minimum Gasteiger partial charge on any atom is -0.380 e. The fraction of sp³-hybridized carbons (Fsp3) is 0.263. The van der Waals surface area contributed by atoms with E-state index in [1.807, 2.05) is 26.0 Å². The van der Waals surface area contributed by atoms with E-state index >= 15 is 0 Å². The number of carbonyl (C=O) groups excluding carboxylic acids is 2. The van der Waals surface area contributed by atoms with Crippen LogP contribution in [-0.2, 0) is 11.3 Å². The molecule has 0 unspecified atom stereocenters. The number of carbonyl (C=O) groups is 2. The normalized spacial score (nSPS) is 10.4. The van der Waals surface area contributed by atoms with E-state index in [0.29, 0.717) is 17.9 Å². The lowest BCUT2D eigenvalue weighted by molar-refractivity contribution is -0.384. The number of nitrogens with one attached hydrogen (secondary N) is 3. The first-order valence-electron chi connectivity index (χ1n) is 8.46. The number of amides is 2. The van der Waals surface area contributed by atoms with Crippen molar-refractivity contribution in [2.45, 2.75) is 20.4 Å². The molecule has 0 aliphatic rings. The van der Waals surface area contributed by atoms with E-state index in [1.54, 1.807) is 12.1 Å². The van der Waals surface area contributed by atoms with E-state index in [1.165, 1.54) is 25.2 Å². The summed E-state index contributed by atoms with van der Waals surface area (Å²) in [6.07, 6.45) is 0. The third-order valence-electron chi connectivity index (χ3n) is 3.91. The van der Waals surface area contributed by atoms with Crippen LogP contribution in [0.1, 0.15) is 29.8 Å². The van der Waals surface area contributed by atoms with Gasteiger partial charge in [0.25, 0.3) is 11.6 Å². The number of rotatable bonds is 7. The standard InChI is InChI=1S/C19H22N4O4/c1-12(2)18(24)22-14-6-4-13(5-7-14)11-21-17-9-8-15(23(26)27)10-16(17)19(25)20-3/h4-10,12,21H,11H2,1-3H3,(H,20,25)(H,22,24). The summed E-state index contributed by atoms with van der Waals surface area (Å²) in [6.45, 7) is 4.06. The lowest BCUT2D eigenvalue weighted by Crippen LogP contribution is -2.20. The molecule has 0 fully saturated rings. The molecule has 0 radical (unpaired) electrons. The van der Waals surface area contributed by atoms with Crippen LogP contribution in [-0.4, -0.2) is 23.8 Å². The minimum absolute atomic E-state index is 0.0537. The zero-order valence-corrected chi connectivity index (χ0v) is 15.4. The van der Waals surface area contributed by atoms with Crippen molar-refractivity contribution in [3.8, 4) is 0 Å². The first-order chi connectivity index (χ1) is 12.8. The van der Waals surface area contributed by atoms with Crippen molar-refractivity contribution >= 4 is 28.9 Å². The van der Waals surface area contributed by atoms with E-state index in [0.717, 1.165) is 5.56 Å². The highest BCUT2D eigenvalue weighted by Gasteiger charge is 2.15. The molecule has 0 atom stereocenters. The Hall–Kier alpha value is -3.42. The summed E-state index contributed by atoms with van der Waals surface area (Å²) in [7, 11) is 1.47. The average molecular weight is 370 g/mol. The minimum atomic E-state index is -0.541. The van der Waals surface area contributed by atoms with Crippen LogP contribution in [0.4, 0.5) is 17.1 Å². The number of nitro groups is 1. The van der Waals surface area contributed by atoms with Gasteiger partial charge < -0.3 is 16.0 Å². The Morgan fingerprint density at radius 3 is 2.33 bits per heavy atom. The summed E-state index contributed by atoms with van der Waals surface area (Å²) in [5.41, 5.74) is 2.19. The van der Waals surface area contributed by atoms with Crippen LogP contribution in [0, 0.1) is 16.0 Å². The van der Waals surface area contributed by atoms with Gasteiger partial charge in [0.05, 0.1) is 10.5 Å². The summed E-state index contributed by atoms with van der Waals surface area (Å²) in [6, 6.07) is 11.4. The van der Waals surface area contributed by atoms with Crippen LogP contribution in [0.3, 0.4) is 0 Å². The van der Waals surface area contributed by atoms with Gasteiger partial charge in [0.2, 0.25) is 5.91 Å².